The Balaban J connectivity index is 2.06. The number of anilines is 1. The first-order chi connectivity index (χ1) is 13.1. The van der Waals surface area contributed by atoms with Crippen LogP contribution in [0.1, 0.15) is 39.0 Å². The maximum atomic E-state index is 12.3. The zero-order valence-corrected chi connectivity index (χ0v) is 17.5. The van der Waals surface area contributed by atoms with Crippen LogP contribution < -0.4 is 5.32 Å². The van der Waals surface area contributed by atoms with Gasteiger partial charge in [-0.25, -0.2) is 9.59 Å². The second-order valence-corrected chi connectivity index (χ2v) is 6.97. The highest BCUT2D eigenvalue weighted by Gasteiger charge is 2.24. The molecule has 0 bridgehead atoms. The van der Waals surface area contributed by atoms with Gasteiger partial charge >= 0.3 is 11.9 Å². The third kappa shape index (κ3) is 4.98. The fourth-order valence-electron chi connectivity index (χ4n) is 2.50. The number of carbonyl (C=O) groups is 3. The van der Waals surface area contributed by atoms with Crippen LogP contribution in [-0.2, 0) is 14.3 Å². The maximum Gasteiger partial charge on any atom is 0.355 e. The maximum absolute atomic E-state index is 12.3. The summed E-state index contributed by atoms with van der Waals surface area (Å²) in [6, 6.07) is 2.83. The highest BCUT2D eigenvalue weighted by molar-refractivity contribution is 6.42. The summed E-state index contributed by atoms with van der Waals surface area (Å²) in [5.41, 5.74) is 1.33. The smallest absolute Gasteiger partial charge is 0.355 e. The largest absolute Gasteiger partial charge is 0.462 e. The van der Waals surface area contributed by atoms with Gasteiger partial charge in [0.15, 0.2) is 6.61 Å². The van der Waals surface area contributed by atoms with Crippen molar-refractivity contribution in [2.75, 3.05) is 18.5 Å². The van der Waals surface area contributed by atoms with Gasteiger partial charge in [-0.1, -0.05) is 34.8 Å². The van der Waals surface area contributed by atoms with Crippen LogP contribution in [0.15, 0.2) is 12.1 Å². The van der Waals surface area contributed by atoms with Gasteiger partial charge < -0.3 is 19.8 Å². The second kappa shape index (κ2) is 9.32. The molecule has 1 heterocycles. The van der Waals surface area contributed by atoms with Gasteiger partial charge in [0.1, 0.15) is 5.69 Å². The number of aromatic nitrogens is 1. The average Bonchev–Trinajstić information content (AvgIpc) is 2.90. The van der Waals surface area contributed by atoms with Gasteiger partial charge in [-0.05, 0) is 38.5 Å². The second-order valence-electron chi connectivity index (χ2n) is 5.71. The third-order valence-electron chi connectivity index (χ3n) is 3.73. The number of hydrogen-bond acceptors (Lipinski definition) is 5. The van der Waals surface area contributed by atoms with E-state index in [9.17, 15) is 14.4 Å². The number of hydrogen-bond donors (Lipinski definition) is 2. The molecule has 2 aromatic rings. The van der Waals surface area contributed by atoms with Crippen molar-refractivity contribution in [3.8, 4) is 0 Å². The number of aryl methyl sites for hydroxylation is 1. The van der Waals surface area contributed by atoms with Crippen LogP contribution in [-0.4, -0.2) is 36.0 Å². The highest BCUT2D eigenvalue weighted by Crippen LogP contribution is 2.33. The monoisotopic (exact) mass is 446 g/mol. The molecule has 2 N–H and O–H groups in total. The minimum absolute atomic E-state index is 0.0657. The molecule has 7 nitrogen and oxygen atoms in total. The lowest BCUT2D eigenvalue weighted by atomic mass is 10.1. The summed E-state index contributed by atoms with van der Waals surface area (Å²) in [6.07, 6.45) is 0. The Labute approximate surface area is 176 Å². The number of halogens is 3. The van der Waals surface area contributed by atoms with Crippen molar-refractivity contribution in [2.24, 2.45) is 0 Å². The molecule has 2 rings (SSSR count). The van der Waals surface area contributed by atoms with Crippen molar-refractivity contribution in [1.82, 2.24) is 4.98 Å². The highest BCUT2D eigenvalue weighted by atomic mass is 35.5. The van der Waals surface area contributed by atoms with E-state index in [1.807, 2.05) is 0 Å². The molecule has 28 heavy (non-hydrogen) atoms. The molecule has 0 radical (unpaired) electrons. The average molecular weight is 448 g/mol. The molecule has 150 valence electrons. The Morgan fingerprint density at radius 1 is 1.04 bits per heavy atom. The third-order valence-corrected chi connectivity index (χ3v) is 4.54. The molecule has 0 aliphatic carbocycles. The normalized spacial score (nSPS) is 10.5. The van der Waals surface area contributed by atoms with Crippen molar-refractivity contribution in [2.45, 2.75) is 20.8 Å². The van der Waals surface area contributed by atoms with Gasteiger partial charge in [-0.2, -0.15) is 0 Å². The van der Waals surface area contributed by atoms with Gasteiger partial charge in [-0.15, -0.1) is 0 Å². The molecule has 1 aromatic heterocycles. The van der Waals surface area contributed by atoms with E-state index >= 15 is 0 Å². The van der Waals surface area contributed by atoms with Gasteiger partial charge in [0, 0.05) is 10.7 Å². The summed E-state index contributed by atoms with van der Waals surface area (Å²) in [5.74, 6) is -1.98. The molecular formula is C18H17Cl3N2O5. The predicted molar refractivity (Wildman–Crippen MR) is 107 cm³/mol. The number of nitrogens with one attached hydrogen (secondary N) is 2. The molecule has 0 aliphatic rings. The van der Waals surface area contributed by atoms with E-state index in [4.69, 9.17) is 44.3 Å². The van der Waals surface area contributed by atoms with Crippen molar-refractivity contribution < 1.29 is 23.9 Å². The SMILES string of the molecule is CCOC(=O)c1c(C)[nH]c(C(=O)OCC(=O)Nc2c(Cl)cc(Cl)cc2Cl)c1C. The van der Waals surface area contributed by atoms with Crippen LogP contribution >= 0.6 is 34.8 Å². The van der Waals surface area contributed by atoms with Crippen LogP contribution in [0.3, 0.4) is 0 Å². The van der Waals surface area contributed by atoms with Gasteiger partial charge in [0.2, 0.25) is 0 Å². The summed E-state index contributed by atoms with van der Waals surface area (Å²) < 4.78 is 9.98. The fourth-order valence-corrected chi connectivity index (χ4v) is 3.42. The Kier molecular flexibility index (Phi) is 7.35. The van der Waals surface area contributed by atoms with Crippen LogP contribution in [0.5, 0.6) is 0 Å². The number of H-pyrrole nitrogens is 1. The quantitative estimate of drug-likeness (QED) is 0.632. The van der Waals surface area contributed by atoms with Crippen LogP contribution in [0.4, 0.5) is 5.69 Å². The van der Waals surface area contributed by atoms with E-state index < -0.39 is 24.5 Å². The zero-order chi connectivity index (χ0) is 21.0. The minimum atomic E-state index is -0.792. The van der Waals surface area contributed by atoms with Crippen molar-refractivity contribution >= 4 is 58.3 Å². The molecule has 1 aromatic carbocycles. The Morgan fingerprint density at radius 3 is 2.21 bits per heavy atom. The van der Waals surface area contributed by atoms with E-state index in [0.29, 0.717) is 16.3 Å². The summed E-state index contributed by atoms with van der Waals surface area (Å²) in [4.78, 5) is 39.1. The molecule has 0 saturated carbocycles. The molecular weight excluding hydrogens is 431 g/mol. The fraction of sp³-hybridized carbons (Fsp3) is 0.278. The van der Waals surface area contributed by atoms with Crippen molar-refractivity contribution in [1.29, 1.82) is 0 Å². The molecule has 0 saturated heterocycles. The summed E-state index contributed by atoms with van der Waals surface area (Å²) in [6.45, 7) is 4.52. The summed E-state index contributed by atoms with van der Waals surface area (Å²) in [5, 5.41) is 3.06. The number of esters is 2. The van der Waals surface area contributed by atoms with Gasteiger partial charge in [0.05, 0.1) is 27.9 Å². The predicted octanol–water partition coefficient (Wildman–Crippen LogP) is 4.56. The molecule has 0 atom stereocenters. The van der Waals surface area contributed by atoms with Crippen LogP contribution in [0.25, 0.3) is 0 Å². The van der Waals surface area contributed by atoms with Gasteiger partial charge in [0.25, 0.3) is 5.91 Å². The number of amides is 1. The number of rotatable bonds is 6. The molecule has 1 amide bonds. The summed E-state index contributed by atoms with van der Waals surface area (Å²) >= 11 is 17.8. The molecule has 0 fully saturated rings. The van der Waals surface area contributed by atoms with Crippen molar-refractivity contribution in [3.63, 3.8) is 0 Å². The molecule has 10 heteroatoms. The topological polar surface area (TPSA) is 97.5 Å². The van der Waals surface area contributed by atoms with Crippen LogP contribution in [0, 0.1) is 13.8 Å². The minimum Gasteiger partial charge on any atom is -0.462 e. The lowest BCUT2D eigenvalue weighted by Crippen LogP contribution is -2.21. The van der Waals surface area contributed by atoms with Crippen LogP contribution in [0.2, 0.25) is 15.1 Å². The van der Waals surface area contributed by atoms with E-state index in [-0.39, 0.29) is 33.6 Å². The first-order valence-electron chi connectivity index (χ1n) is 8.13. The first-order valence-corrected chi connectivity index (χ1v) is 9.26. The van der Waals surface area contributed by atoms with E-state index in [2.05, 4.69) is 10.3 Å². The van der Waals surface area contributed by atoms with E-state index in [0.717, 1.165) is 0 Å². The van der Waals surface area contributed by atoms with Gasteiger partial charge in [-0.3, -0.25) is 4.79 Å². The number of ether oxygens (including phenoxy) is 2. The number of carbonyl (C=O) groups excluding carboxylic acids is 3. The number of aromatic amines is 1. The lowest BCUT2D eigenvalue weighted by molar-refractivity contribution is -0.119. The molecule has 0 aliphatic heterocycles. The van der Waals surface area contributed by atoms with Crippen molar-refractivity contribution in [3.05, 3.63) is 49.7 Å². The van der Waals surface area contributed by atoms with E-state index in [1.165, 1.54) is 12.1 Å². The lowest BCUT2D eigenvalue weighted by Gasteiger charge is -2.10. The zero-order valence-electron chi connectivity index (χ0n) is 15.2. The van der Waals surface area contributed by atoms with E-state index in [1.54, 1.807) is 20.8 Å². The Bertz CT molecular complexity index is 917. The Morgan fingerprint density at radius 2 is 1.64 bits per heavy atom. The summed E-state index contributed by atoms with van der Waals surface area (Å²) in [7, 11) is 0. The first kappa shape index (κ1) is 22.1. The standard InChI is InChI=1S/C18H17Cl3N2O5/c1-4-27-17(25)14-8(2)15(22-9(14)3)18(26)28-7-13(24)23-16-11(20)5-10(19)6-12(16)21/h5-6,22H,4,7H2,1-3H3,(H,23,24). The Hall–Kier alpha value is -2.22. The molecule has 0 unspecified atom stereocenters. The number of benzene rings is 1. The molecule has 0 spiro atoms.